The standard InChI is InChI=1S/C16H24N2O2/c1-20-14-7-3-2-6-13(14)8-11-18-15(19)12-16(17)9-4-5-10-16/h2-3,6-7H,4-5,8-12,17H2,1H3,(H,18,19). The van der Waals surface area contributed by atoms with Crippen LogP contribution in [0.25, 0.3) is 0 Å². The molecule has 1 aromatic carbocycles. The van der Waals surface area contributed by atoms with Gasteiger partial charge in [-0.2, -0.15) is 0 Å². The van der Waals surface area contributed by atoms with Crippen LogP contribution in [0.5, 0.6) is 5.75 Å². The average molecular weight is 276 g/mol. The first-order chi connectivity index (χ1) is 9.63. The van der Waals surface area contributed by atoms with Crippen LogP contribution in [0.3, 0.4) is 0 Å². The Balaban J connectivity index is 1.76. The molecule has 20 heavy (non-hydrogen) atoms. The Morgan fingerprint density at radius 3 is 2.75 bits per heavy atom. The smallest absolute Gasteiger partial charge is 0.221 e. The van der Waals surface area contributed by atoms with Crippen LogP contribution < -0.4 is 15.8 Å². The Hall–Kier alpha value is -1.55. The van der Waals surface area contributed by atoms with E-state index in [1.54, 1.807) is 7.11 Å². The predicted octanol–water partition coefficient (Wildman–Crippen LogP) is 2.02. The first-order valence-electron chi connectivity index (χ1n) is 7.30. The fourth-order valence-electron chi connectivity index (χ4n) is 2.88. The molecule has 110 valence electrons. The number of methoxy groups -OCH3 is 1. The van der Waals surface area contributed by atoms with Gasteiger partial charge in [0.2, 0.25) is 5.91 Å². The van der Waals surface area contributed by atoms with E-state index in [2.05, 4.69) is 5.32 Å². The molecule has 4 nitrogen and oxygen atoms in total. The van der Waals surface area contributed by atoms with Crippen molar-refractivity contribution in [2.24, 2.45) is 5.73 Å². The third kappa shape index (κ3) is 3.97. The van der Waals surface area contributed by atoms with Crippen molar-refractivity contribution < 1.29 is 9.53 Å². The van der Waals surface area contributed by atoms with Gasteiger partial charge in [0.15, 0.2) is 0 Å². The zero-order valence-corrected chi connectivity index (χ0v) is 12.2. The lowest BCUT2D eigenvalue weighted by molar-refractivity contribution is -0.122. The van der Waals surface area contributed by atoms with E-state index < -0.39 is 0 Å². The molecule has 1 aliphatic carbocycles. The zero-order valence-electron chi connectivity index (χ0n) is 12.2. The molecule has 0 spiro atoms. The minimum atomic E-state index is -0.269. The van der Waals surface area contributed by atoms with Crippen LogP contribution in [0.15, 0.2) is 24.3 Å². The topological polar surface area (TPSA) is 64.3 Å². The van der Waals surface area contributed by atoms with Crippen LogP contribution in [-0.4, -0.2) is 25.1 Å². The number of nitrogens with one attached hydrogen (secondary N) is 1. The largest absolute Gasteiger partial charge is 0.496 e. The number of hydrogen-bond donors (Lipinski definition) is 2. The molecule has 1 fully saturated rings. The van der Waals surface area contributed by atoms with Crippen molar-refractivity contribution in [3.05, 3.63) is 29.8 Å². The second-order valence-electron chi connectivity index (χ2n) is 5.66. The van der Waals surface area contributed by atoms with Gasteiger partial charge in [0, 0.05) is 18.5 Å². The van der Waals surface area contributed by atoms with Gasteiger partial charge in [0.1, 0.15) is 5.75 Å². The van der Waals surface area contributed by atoms with Crippen molar-refractivity contribution in [2.45, 2.75) is 44.1 Å². The summed E-state index contributed by atoms with van der Waals surface area (Å²) in [4.78, 5) is 11.9. The van der Waals surface area contributed by atoms with Crippen molar-refractivity contribution in [1.29, 1.82) is 0 Å². The number of carbonyl (C=O) groups excluding carboxylic acids is 1. The molecular weight excluding hydrogens is 252 g/mol. The van der Waals surface area contributed by atoms with Crippen LogP contribution >= 0.6 is 0 Å². The van der Waals surface area contributed by atoms with Gasteiger partial charge < -0.3 is 15.8 Å². The van der Waals surface area contributed by atoms with Gasteiger partial charge in [-0.05, 0) is 30.9 Å². The summed E-state index contributed by atoms with van der Waals surface area (Å²) in [6, 6.07) is 7.88. The third-order valence-electron chi connectivity index (χ3n) is 4.02. The number of ether oxygens (including phenoxy) is 1. The van der Waals surface area contributed by atoms with Crippen molar-refractivity contribution in [1.82, 2.24) is 5.32 Å². The van der Waals surface area contributed by atoms with E-state index in [0.717, 1.165) is 43.4 Å². The van der Waals surface area contributed by atoms with E-state index in [0.29, 0.717) is 13.0 Å². The predicted molar refractivity (Wildman–Crippen MR) is 79.7 cm³/mol. The molecular formula is C16H24N2O2. The zero-order chi connectivity index (χ0) is 14.4. The van der Waals surface area contributed by atoms with Crippen LogP contribution in [-0.2, 0) is 11.2 Å². The summed E-state index contributed by atoms with van der Waals surface area (Å²) in [5.41, 5.74) is 7.05. The van der Waals surface area contributed by atoms with Crippen LogP contribution in [0.4, 0.5) is 0 Å². The van der Waals surface area contributed by atoms with Gasteiger partial charge in [-0.3, -0.25) is 4.79 Å². The lowest BCUT2D eigenvalue weighted by Crippen LogP contribution is -2.42. The molecule has 1 aromatic rings. The summed E-state index contributed by atoms with van der Waals surface area (Å²) in [5, 5.41) is 2.96. The third-order valence-corrected chi connectivity index (χ3v) is 4.02. The highest BCUT2D eigenvalue weighted by molar-refractivity contribution is 5.77. The Morgan fingerprint density at radius 2 is 2.05 bits per heavy atom. The highest BCUT2D eigenvalue weighted by Crippen LogP contribution is 2.29. The Kier molecular flexibility index (Phi) is 5.01. The van der Waals surface area contributed by atoms with Crippen molar-refractivity contribution in [3.63, 3.8) is 0 Å². The van der Waals surface area contributed by atoms with E-state index in [-0.39, 0.29) is 11.4 Å². The maximum Gasteiger partial charge on any atom is 0.221 e. The summed E-state index contributed by atoms with van der Waals surface area (Å²) in [5.74, 6) is 0.928. The number of carbonyl (C=O) groups is 1. The molecule has 1 aliphatic rings. The van der Waals surface area contributed by atoms with Gasteiger partial charge >= 0.3 is 0 Å². The molecule has 2 rings (SSSR count). The normalized spacial score (nSPS) is 16.9. The molecule has 0 atom stereocenters. The van der Waals surface area contributed by atoms with E-state index in [1.165, 1.54) is 0 Å². The molecule has 0 radical (unpaired) electrons. The molecule has 1 amide bonds. The fourth-order valence-corrected chi connectivity index (χ4v) is 2.88. The number of rotatable bonds is 6. The SMILES string of the molecule is COc1ccccc1CCNC(=O)CC1(N)CCCC1. The summed E-state index contributed by atoms with van der Waals surface area (Å²) >= 11 is 0. The number of nitrogens with two attached hydrogens (primary N) is 1. The van der Waals surface area contributed by atoms with Gasteiger partial charge in [-0.1, -0.05) is 31.0 Å². The highest BCUT2D eigenvalue weighted by atomic mass is 16.5. The molecule has 0 aliphatic heterocycles. The van der Waals surface area contributed by atoms with Crippen LogP contribution in [0.2, 0.25) is 0 Å². The van der Waals surface area contributed by atoms with E-state index in [9.17, 15) is 4.79 Å². The lowest BCUT2D eigenvalue weighted by Gasteiger charge is -2.22. The quantitative estimate of drug-likeness (QED) is 0.835. The molecule has 3 N–H and O–H groups in total. The molecule has 0 unspecified atom stereocenters. The summed E-state index contributed by atoms with van der Waals surface area (Å²) in [7, 11) is 1.66. The first-order valence-corrected chi connectivity index (χ1v) is 7.30. The van der Waals surface area contributed by atoms with E-state index >= 15 is 0 Å². The van der Waals surface area contributed by atoms with Gasteiger partial charge in [0.25, 0.3) is 0 Å². The van der Waals surface area contributed by atoms with Gasteiger partial charge in [-0.15, -0.1) is 0 Å². The number of amides is 1. The second-order valence-corrected chi connectivity index (χ2v) is 5.66. The van der Waals surface area contributed by atoms with Crippen molar-refractivity contribution >= 4 is 5.91 Å². The van der Waals surface area contributed by atoms with Gasteiger partial charge in [0.05, 0.1) is 7.11 Å². The fraction of sp³-hybridized carbons (Fsp3) is 0.562. The second kappa shape index (κ2) is 6.75. The van der Waals surface area contributed by atoms with Crippen LogP contribution in [0, 0.1) is 0 Å². The lowest BCUT2D eigenvalue weighted by atomic mass is 9.94. The Bertz CT molecular complexity index is 454. The summed E-state index contributed by atoms with van der Waals surface area (Å²) in [6.45, 7) is 0.620. The molecule has 0 aromatic heterocycles. The van der Waals surface area contributed by atoms with Crippen molar-refractivity contribution in [2.75, 3.05) is 13.7 Å². The number of hydrogen-bond acceptors (Lipinski definition) is 3. The number of para-hydroxylation sites is 1. The minimum absolute atomic E-state index is 0.0595. The van der Waals surface area contributed by atoms with Crippen molar-refractivity contribution in [3.8, 4) is 5.75 Å². The molecule has 1 saturated carbocycles. The molecule has 4 heteroatoms. The Labute approximate surface area is 120 Å². The number of benzene rings is 1. The molecule has 0 bridgehead atoms. The maximum absolute atomic E-state index is 11.9. The van der Waals surface area contributed by atoms with Crippen LogP contribution in [0.1, 0.15) is 37.7 Å². The minimum Gasteiger partial charge on any atom is -0.496 e. The summed E-state index contributed by atoms with van der Waals surface area (Å²) < 4.78 is 5.29. The monoisotopic (exact) mass is 276 g/mol. The van der Waals surface area contributed by atoms with Gasteiger partial charge in [-0.25, -0.2) is 0 Å². The first kappa shape index (κ1) is 14.9. The highest BCUT2D eigenvalue weighted by Gasteiger charge is 2.31. The summed E-state index contributed by atoms with van der Waals surface area (Å²) in [6.07, 6.45) is 5.43. The average Bonchev–Trinajstić information content (AvgIpc) is 2.85. The molecule has 0 heterocycles. The van der Waals surface area contributed by atoms with E-state index in [4.69, 9.17) is 10.5 Å². The Morgan fingerprint density at radius 1 is 1.35 bits per heavy atom. The molecule has 0 saturated heterocycles. The maximum atomic E-state index is 11.9. The van der Waals surface area contributed by atoms with E-state index in [1.807, 2.05) is 24.3 Å².